The topological polar surface area (TPSA) is 80.9 Å². The van der Waals surface area contributed by atoms with Crippen LogP contribution in [0.4, 0.5) is 0 Å². The average molecular weight is 399 g/mol. The molecule has 4 nitrogen and oxygen atoms in total. The lowest BCUT2D eigenvalue weighted by Gasteiger charge is -2.14. The van der Waals surface area contributed by atoms with E-state index in [9.17, 15) is 20.4 Å². The second-order valence-electron chi connectivity index (χ2n) is 4.54. The molecule has 4 atom stereocenters. The van der Waals surface area contributed by atoms with Gasteiger partial charge in [-0.15, -0.1) is 23.2 Å². The number of hydrogen-bond donors (Lipinski definition) is 4. The van der Waals surface area contributed by atoms with Gasteiger partial charge in [0, 0.05) is 46.3 Å². The molecule has 0 aromatic carbocycles. The largest absolute Gasteiger partial charge is 0.391 e. The van der Waals surface area contributed by atoms with Crippen LogP contribution >= 0.6 is 58.5 Å². The first-order valence-corrected chi connectivity index (χ1v) is 11.1. The van der Waals surface area contributed by atoms with E-state index >= 15 is 0 Å². The number of hydrogen-bond acceptors (Lipinski definition) is 7. The zero-order valence-electron chi connectivity index (χ0n) is 11.7. The summed E-state index contributed by atoms with van der Waals surface area (Å²) in [5.74, 6) is 3.66. The molecule has 4 N–H and O–H groups in total. The molecule has 0 saturated carbocycles. The van der Waals surface area contributed by atoms with Crippen molar-refractivity contribution in [2.45, 2.75) is 24.4 Å². The van der Waals surface area contributed by atoms with E-state index in [0.717, 1.165) is 0 Å². The Morgan fingerprint density at radius 3 is 1.00 bits per heavy atom. The Kier molecular flexibility index (Phi) is 16.1. The highest BCUT2D eigenvalue weighted by Gasteiger charge is 2.11. The Bertz CT molecular complexity index is 221. The van der Waals surface area contributed by atoms with Gasteiger partial charge in [0.15, 0.2) is 0 Å². The van der Waals surface area contributed by atoms with Crippen molar-refractivity contribution in [2.24, 2.45) is 0 Å². The van der Waals surface area contributed by atoms with Crippen LogP contribution in [0, 0.1) is 0 Å². The molecule has 0 aromatic rings. The van der Waals surface area contributed by atoms with Gasteiger partial charge in [0.1, 0.15) is 0 Å². The third-order valence-corrected chi connectivity index (χ3v) is 6.65. The lowest BCUT2D eigenvalue weighted by Crippen LogP contribution is -2.20. The molecule has 0 aliphatic heterocycles. The quantitative estimate of drug-likeness (QED) is 0.326. The van der Waals surface area contributed by atoms with Crippen LogP contribution in [0.15, 0.2) is 0 Å². The van der Waals surface area contributed by atoms with Crippen LogP contribution < -0.4 is 0 Å². The number of halogens is 2. The van der Waals surface area contributed by atoms with Crippen LogP contribution in [-0.4, -0.2) is 91.1 Å². The maximum Gasteiger partial charge on any atom is 0.0765 e. The monoisotopic (exact) mass is 398 g/mol. The van der Waals surface area contributed by atoms with Crippen molar-refractivity contribution in [1.29, 1.82) is 0 Å². The lowest BCUT2D eigenvalue weighted by atomic mass is 10.5. The fraction of sp³-hybridized carbons (Fsp3) is 1.00. The van der Waals surface area contributed by atoms with Gasteiger partial charge in [-0.05, 0) is 0 Å². The Labute approximate surface area is 149 Å². The first-order valence-electron chi connectivity index (χ1n) is 6.57. The first kappa shape index (κ1) is 22.5. The number of aliphatic hydroxyl groups is 4. The number of alkyl halides is 2. The predicted molar refractivity (Wildman–Crippen MR) is 97.4 cm³/mol. The van der Waals surface area contributed by atoms with E-state index in [2.05, 4.69) is 0 Å². The lowest BCUT2D eigenvalue weighted by molar-refractivity contribution is 0.217. The predicted octanol–water partition coefficient (Wildman–Crippen LogP) is 1.11. The second-order valence-corrected chi connectivity index (χ2v) is 8.38. The third-order valence-electron chi connectivity index (χ3n) is 2.22. The summed E-state index contributed by atoms with van der Waals surface area (Å²) in [6, 6.07) is 0. The molecule has 0 spiro atoms. The van der Waals surface area contributed by atoms with Gasteiger partial charge in [-0.2, -0.15) is 35.3 Å². The van der Waals surface area contributed by atoms with Crippen LogP contribution in [0.25, 0.3) is 0 Å². The molecule has 128 valence electrons. The average Bonchev–Trinajstić information content (AvgIpc) is 2.46. The van der Waals surface area contributed by atoms with Gasteiger partial charge in [-0.25, -0.2) is 0 Å². The van der Waals surface area contributed by atoms with E-state index in [0.29, 0.717) is 34.5 Å². The van der Waals surface area contributed by atoms with Crippen LogP contribution in [0.1, 0.15) is 0 Å². The summed E-state index contributed by atoms with van der Waals surface area (Å²) in [6.07, 6.45) is -1.97. The van der Waals surface area contributed by atoms with Gasteiger partial charge in [0.2, 0.25) is 0 Å². The third kappa shape index (κ3) is 14.8. The van der Waals surface area contributed by atoms with Crippen molar-refractivity contribution < 1.29 is 20.4 Å². The summed E-state index contributed by atoms with van der Waals surface area (Å²) < 4.78 is 0. The van der Waals surface area contributed by atoms with Gasteiger partial charge >= 0.3 is 0 Å². The zero-order valence-corrected chi connectivity index (χ0v) is 15.7. The smallest absolute Gasteiger partial charge is 0.0765 e. The standard InChI is InChI=1S/C12H24Cl2O4S3/c13-1-9(15)3-19-5-11(17)7-21-8-12(18)6-20-4-10(16)2-14/h9-12,15-18H,1-8H2. The Morgan fingerprint density at radius 1 is 0.524 bits per heavy atom. The minimum atomic E-state index is -0.529. The fourth-order valence-corrected chi connectivity index (χ4v) is 4.73. The summed E-state index contributed by atoms with van der Waals surface area (Å²) in [7, 11) is 0. The van der Waals surface area contributed by atoms with Gasteiger partial charge in [0.25, 0.3) is 0 Å². The van der Waals surface area contributed by atoms with E-state index in [-0.39, 0.29) is 11.8 Å². The molecule has 21 heavy (non-hydrogen) atoms. The molecular weight excluding hydrogens is 375 g/mol. The molecule has 9 heteroatoms. The maximum absolute atomic E-state index is 9.74. The van der Waals surface area contributed by atoms with E-state index in [1.54, 1.807) is 0 Å². The normalized spacial score (nSPS) is 17.4. The van der Waals surface area contributed by atoms with Crippen molar-refractivity contribution in [3.8, 4) is 0 Å². The number of thioether (sulfide) groups is 3. The summed E-state index contributed by atoms with van der Waals surface area (Å²) in [4.78, 5) is 0. The fourth-order valence-electron chi connectivity index (χ4n) is 1.21. The van der Waals surface area contributed by atoms with E-state index in [4.69, 9.17) is 23.2 Å². The Balaban J connectivity index is 3.46. The molecule has 0 aliphatic rings. The molecular formula is C12H24Cl2O4S3. The van der Waals surface area contributed by atoms with Gasteiger partial charge in [-0.3, -0.25) is 0 Å². The van der Waals surface area contributed by atoms with Crippen molar-refractivity contribution in [2.75, 3.05) is 46.3 Å². The number of aliphatic hydroxyl groups excluding tert-OH is 4. The van der Waals surface area contributed by atoms with Gasteiger partial charge in [-0.1, -0.05) is 0 Å². The molecule has 0 fully saturated rings. The summed E-state index contributed by atoms with van der Waals surface area (Å²) in [6.45, 7) is 0. The molecule has 0 rings (SSSR count). The molecule has 0 heterocycles. The van der Waals surface area contributed by atoms with Gasteiger partial charge in [0.05, 0.1) is 24.4 Å². The molecule has 0 saturated heterocycles. The zero-order chi connectivity index (χ0) is 16.1. The molecule has 0 radical (unpaired) electrons. The molecule has 0 aliphatic carbocycles. The second kappa shape index (κ2) is 15.0. The van der Waals surface area contributed by atoms with E-state index < -0.39 is 24.4 Å². The highest BCUT2D eigenvalue weighted by Crippen LogP contribution is 2.14. The van der Waals surface area contributed by atoms with Crippen molar-refractivity contribution in [3.63, 3.8) is 0 Å². The minimum Gasteiger partial charge on any atom is -0.391 e. The Hall–Kier alpha value is 1.47. The van der Waals surface area contributed by atoms with Crippen molar-refractivity contribution in [3.05, 3.63) is 0 Å². The SMILES string of the molecule is OC(CCl)CSCC(O)CSCC(O)CSCC(O)CCl. The molecule has 0 amide bonds. The van der Waals surface area contributed by atoms with Crippen LogP contribution in [-0.2, 0) is 0 Å². The minimum absolute atomic E-state index is 0.208. The van der Waals surface area contributed by atoms with Crippen molar-refractivity contribution in [1.82, 2.24) is 0 Å². The maximum atomic E-state index is 9.74. The van der Waals surface area contributed by atoms with E-state index in [1.807, 2.05) is 0 Å². The highest BCUT2D eigenvalue weighted by molar-refractivity contribution is 8.00. The highest BCUT2D eigenvalue weighted by atomic mass is 35.5. The summed E-state index contributed by atoms with van der Waals surface area (Å²) >= 11 is 15.4. The molecule has 4 unspecified atom stereocenters. The number of rotatable bonds is 14. The van der Waals surface area contributed by atoms with Crippen LogP contribution in [0.3, 0.4) is 0 Å². The van der Waals surface area contributed by atoms with Crippen molar-refractivity contribution >= 4 is 58.5 Å². The summed E-state index contributed by atoms with van der Waals surface area (Å²) in [5, 5.41) is 38.0. The van der Waals surface area contributed by atoms with E-state index in [1.165, 1.54) is 35.3 Å². The van der Waals surface area contributed by atoms with Crippen LogP contribution in [0.5, 0.6) is 0 Å². The van der Waals surface area contributed by atoms with Gasteiger partial charge < -0.3 is 20.4 Å². The first-order chi connectivity index (χ1) is 9.99. The molecule has 0 aromatic heterocycles. The summed E-state index contributed by atoms with van der Waals surface area (Å²) in [5.41, 5.74) is 0. The molecule has 0 bridgehead atoms. The van der Waals surface area contributed by atoms with Crippen LogP contribution in [0.2, 0.25) is 0 Å². The Morgan fingerprint density at radius 2 is 0.762 bits per heavy atom.